The topological polar surface area (TPSA) is 91.2 Å². The number of nitrogens with two attached hydrogens (primary N) is 2. The SMILES string of the molecule is Cc1cc(F)ccc1Oc1cnc(N)cc1C(N)=O. The highest BCUT2D eigenvalue weighted by Gasteiger charge is 2.13. The highest BCUT2D eigenvalue weighted by Crippen LogP contribution is 2.28. The highest BCUT2D eigenvalue weighted by atomic mass is 19.1. The van der Waals surface area contributed by atoms with Crippen LogP contribution < -0.4 is 16.2 Å². The van der Waals surface area contributed by atoms with E-state index in [2.05, 4.69) is 4.98 Å². The molecule has 0 bridgehead atoms. The van der Waals surface area contributed by atoms with Crippen molar-refractivity contribution in [3.63, 3.8) is 0 Å². The predicted molar refractivity (Wildman–Crippen MR) is 68.4 cm³/mol. The number of amides is 1. The van der Waals surface area contributed by atoms with Gasteiger partial charge in [0.25, 0.3) is 5.91 Å². The normalized spacial score (nSPS) is 10.2. The van der Waals surface area contributed by atoms with Gasteiger partial charge in [-0.15, -0.1) is 0 Å². The van der Waals surface area contributed by atoms with E-state index >= 15 is 0 Å². The lowest BCUT2D eigenvalue weighted by atomic mass is 10.2. The molecule has 4 N–H and O–H groups in total. The Balaban J connectivity index is 2.40. The number of pyridine rings is 1. The summed E-state index contributed by atoms with van der Waals surface area (Å²) in [5, 5.41) is 0. The van der Waals surface area contributed by atoms with Gasteiger partial charge in [-0.2, -0.15) is 0 Å². The Morgan fingerprint density at radius 1 is 1.32 bits per heavy atom. The summed E-state index contributed by atoms with van der Waals surface area (Å²) in [4.78, 5) is 15.1. The number of hydrogen-bond donors (Lipinski definition) is 2. The van der Waals surface area contributed by atoms with Crippen LogP contribution in [0.3, 0.4) is 0 Å². The molecule has 19 heavy (non-hydrogen) atoms. The summed E-state index contributed by atoms with van der Waals surface area (Å²) in [7, 11) is 0. The van der Waals surface area contributed by atoms with Crippen molar-refractivity contribution in [1.82, 2.24) is 4.98 Å². The van der Waals surface area contributed by atoms with E-state index in [-0.39, 0.29) is 22.9 Å². The molecule has 0 saturated carbocycles. The molecule has 0 aliphatic carbocycles. The van der Waals surface area contributed by atoms with Gasteiger partial charge in [0.1, 0.15) is 17.4 Å². The van der Waals surface area contributed by atoms with Gasteiger partial charge < -0.3 is 16.2 Å². The van der Waals surface area contributed by atoms with Gasteiger partial charge in [0.15, 0.2) is 5.75 Å². The van der Waals surface area contributed by atoms with Crippen molar-refractivity contribution in [2.75, 3.05) is 5.73 Å². The number of anilines is 1. The number of nitrogen functional groups attached to an aromatic ring is 1. The number of primary amides is 1. The van der Waals surface area contributed by atoms with Gasteiger partial charge in [0.2, 0.25) is 0 Å². The van der Waals surface area contributed by atoms with E-state index in [1.807, 2.05) is 0 Å². The Morgan fingerprint density at radius 2 is 2.05 bits per heavy atom. The molecule has 1 aromatic carbocycles. The first kappa shape index (κ1) is 12.8. The zero-order chi connectivity index (χ0) is 14.0. The summed E-state index contributed by atoms with van der Waals surface area (Å²) in [5.41, 5.74) is 11.4. The number of ether oxygens (including phenoxy) is 1. The largest absolute Gasteiger partial charge is 0.455 e. The third kappa shape index (κ3) is 2.79. The van der Waals surface area contributed by atoms with E-state index < -0.39 is 5.91 Å². The maximum atomic E-state index is 13.0. The lowest BCUT2D eigenvalue weighted by Gasteiger charge is -2.11. The first-order valence-corrected chi connectivity index (χ1v) is 5.46. The minimum Gasteiger partial charge on any atom is -0.455 e. The van der Waals surface area contributed by atoms with E-state index in [1.165, 1.54) is 30.5 Å². The molecule has 0 atom stereocenters. The molecule has 0 aliphatic heterocycles. The zero-order valence-electron chi connectivity index (χ0n) is 10.2. The number of carbonyl (C=O) groups is 1. The molecule has 1 aromatic heterocycles. The van der Waals surface area contributed by atoms with E-state index in [4.69, 9.17) is 16.2 Å². The Bertz CT molecular complexity index is 644. The van der Waals surface area contributed by atoms with Crippen molar-refractivity contribution < 1.29 is 13.9 Å². The number of hydrogen-bond acceptors (Lipinski definition) is 4. The smallest absolute Gasteiger partial charge is 0.252 e. The summed E-state index contributed by atoms with van der Waals surface area (Å²) < 4.78 is 18.5. The zero-order valence-corrected chi connectivity index (χ0v) is 10.2. The first-order valence-electron chi connectivity index (χ1n) is 5.46. The van der Waals surface area contributed by atoms with Crippen molar-refractivity contribution in [1.29, 1.82) is 0 Å². The maximum Gasteiger partial charge on any atom is 0.252 e. The minimum absolute atomic E-state index is 0.122. The predicted octanol–water partition coefficient (Wildman–Crippen LogP) is 2.00. The molecular weight excluding hydrogens is 249 g/mol. The number of aromatic nitrogens is 1. The summed E-state index contributed by atoms with van der Waals surface area (Å²) >= 11 is 0. The fourth-order valence-corrected chi connectivity index (χ4v) is 1.58. The number of benzene rings is 1. The van der Waals surface area contributed by atoms with Gasteiger partial charge >= 0.3 is 0 Å². The molecule has 5 nitrogen and oxygen atoms in total. The van der Waals surface area contributed by atoms with Gasteiger partial charge in [-0.1, -0.05) is 0 Å². The lowest BCUT2D eigenvalue weighted by molar-refractivity contribution is 0.0998. The monoisotopic (exact) mass is 261 g/mol. The maximum absolute atomic E-state index is 13.0. The van der Waals surface area contributed by atoms with Gasteiger partial charge in [-0.25, -0.2) is 9.37 Å². The van der Waals surface area contributed by atoms with Crippen LogP contribution in [-0.4, -0.2) is 10.9 Å². The van der Waals surface area contributed by atoms with Gasteiger partial charge in [-0.3, -0.25) is 4.79 Å². The van der Waals surface area contributed by atoms with Gasteiger partial charge in [0.05, 0.1) is 11.8 Å². The molecule has 0 fully saturated rings. The molecule has 98 valence electrons. The average Bonchev–Trinajstić information content (AvgIpc) is 2.34. The van der Waals surface area contributed by atoms with Crippen LogP contribution in [0.4, 0.5) is 10.2 Å². The minimum atomic E-state index is -0.677. The fourth-order valence-electron chi connectivity index (χ4n) is 1.58. The quantitative estimate of drug-likeness (QED) is 0.884. The van der Waals surface area contributed by atoms with Crippen LogP contribution >= 0.6 is 0 Å². The van der Waals surface area contributed by atoms with Crippen molar-refractivity contribution >= 4 is 11.7 Å². The van der Waals surface area contributed by atoms with Crippen LogP contribution in [0.1, 0.15) is 15.9 Å². The molecule has 0 saturated heterocycles. The Hall–Kier alpha value is -2.63. The van der Waals surface area contributed by atoms with Crippen molar-refractivity contribution in [3.8, 4) is 11.5 Å². The lowest BCUT2D eigenvalue weighted by Crippen LogP contribution is -2.13. The van der Waals surface area contributed by atoms with Crippen LogP contribution in [0.5, 0.6) is 11.5 Å². The number of aryl methyl sites for hydroxylation is 1. The molecule has 0 radical (unpaired) electrons. The number of nitrogens with zero attached hydrogens (tertiary/aromatic N) is 1. The summed E-state index contributed by atoms with van der Waals surface area (Å²) in [6, 6.07) is 5.38. The third-order valence-electron chi connectivity index (χ3n) is 2.51. The summed E-state index contributed by atoms with van der Waals surface area (Å²) in [6.45, 7) is 1.69. The molecular formula is C13H12FN3O2. The number of carbonyl (C=O) groups excluding carboxylic acids is 1. The van der Waals surface area contributed by atoms with Crippen LogP contribution in [0.15, 0.2) is 30.5 Å². The molecule has 1 heterocycles. The second kappa shape index (κ2) is 4.93. The van der Waals surface area contributed by atoms with Crippen molar-refractivity contribution in [2.45, 2.75) is 6.92 Å². The molecule has 6 heteroatoms. The Morgan fingerprint density at radius 3 is 2.68 bits per heavy atom. The van der Waals surface area contributed by atoms with Crippen LogP contribution in [0, 0.1) is 12.7 Å². The average molecular weight is 261 g/mol. The van der Waals surface area contributed by atoms with Crippen LogP contribution in [0.25, 0.3) is 0 Å². The second-order valence-electron chi connectivity index (χ2n) is 3.98. The van der Waals surface area contributed by atoms with E-state index in [0.717, 1.165) is 0 Å². The Labute approximate surface area is 109 Å². The van der Waals surface area contributed by atoms with Crippen molar-refractivity contribution in [2.24, 2.45) is 5.73 Å². The molecule has 1 amide bonds. The highest BCUT2D eigenvalue weighted by molar-refractivity contribution is 5.96. The summed E-state index contributed by atoms with van der Waals surface area (Å²) in [5.74, 6) is -0.289. The third-order valence-corrected chi connectivity index (χ3v) is 2.51. The van der Waals surface area contributed by atoms with E-state index in [0.29, 0.717) is 11.3 Å². The summed E-state index contributed by atoms with van der Waals surface area (Å²) in [6.07, 6.45) is 1.30. The Kier molecular flexibility index (Phi) is 3.33. The second-order valence-corrected chi connectivity index (χ2v) is 3.98. The molecule has 2 aromatic rings. The molecule has 0 spiro atoms. The fraction of sp³-hybridized carbons (Fsp3) is 0.0769. The standard InChI is InChI=1S/C13H12FN3O2/c1-7-4-8(14)2-3-10(7)19-11-6-17-12(15)5-9(11)13(16)18/h2-6H,1H3,(H2,15,17)(H2,16,18). The molecule has 0 aliphatic rings. The van der Waals surface area contributed by atoms with Gasteiger partial charge in [0, 0.05) is 0 Å². The van der Waals surface area contributed by atoms with Gasteiger partial charge in [-0.05, 0) is 36.8 Å². The first-order chi connectivity index (χ1) is 8.97. The van der Waals surface area contributed by atoms with E-state index in [9.17, 15) is 9.18 Å². The number of rotatable bonds is 3. The molecule has 0 unspecified atom stereocenters. The van der Waals surface area contributed by atoms with Crippen LogP contribution in [0.2, 0.25) is 0 Å². The van der Waals surface area contributed by atoms with E-state index in [1.54, 1.807) is 6.92 Å². The van der Waals surface area contributed by atoms with Crippen molar-refractivity contribution in [3.05, 3.63) is 47.4 Å². The molecule has 2 rings (SSSR count). The number of halogens is 1. The van der Waals surface area contributed by atoms with Crippen LogP contribution in [-0.2, 0) is 0 Å².